The molecule has 12 heteroatoms. The standard InChI is InChI=1S/C18H28O3S.C14H14N2O4S2/c1-3-4-5-6-7-8-11-22(19)15(2)12-16-9-10-17-18(13-16)21-14-20-17;1-7-6-22-13-10(12(18)16(13)11(7)14(19)20)15-9(17)5-8-3-2-4-21-8/h9-10,13,15H,3-8,11-12,14H2,1-2H3;2-4,10,13H,5-6H2,1H3,(H,15,17)(H,19,20)/t;10?,13-/m.1/s1. The molecular formula is C32H42N2O7S3. The number of aliphatic carboxylic acids is 1. The van der Waals surface area contributed by atoms with Crippen LogP contribution in [0.4, 0.5) is 0 Å². The molecule has 5 rings (SSSR count). The van der Waals surface area contributed by atoms with Crippen molar-refractivity contribution in [2.75, 3.05) is 18.3 Å². The van der Waals surface area contributed by atoms with Crippen molar-refractivity contribution in [1.29, 1.82) is 0 Å². The van der Waals surface area contributed by atoms with Crippen molar-refractivity contribution in [3.63, 3.8) is 0 Å². The van der Waals surface area contributed by atoms with Crippen LogP contribution in [0.3, 0.4) is 0 Å². The Bertz CT molecular complexity index is 1360. The van der Waals surface area contributed by atoms with E-state index in [9.17, 15) is 23.7 Å². The van der Waals surface area contributed by atoms with Gasteiger partial charge in [-0.3, -0.25) is 18.7 Å². The van der Waals surface area contributed by atoms with Crippen LogP contribution in [0.25, 0.3) is 0 Å². The van der Waals surface area contributed by atoms with E-state index in [1.54, 1.807) is 6.92 Å². The topological polar surface area (TPSA) is 122 Å². The summed E-state index contributed by atoms with van der Waals surface area (Å²) >= 11 is 2.96. The molecule has 1 fully saturated rings. The molecule has 2 amide bonds. The number of ether oxygens (including phenoxy) is 2. The third-order valence-electron chi connectivity index (χ3n) is 7.70. The number of fused-ring (bicyclic) bond motifs is 2. The van der Waals surface area contributed by atoms with Gasteiger partial charge in [0.05, 0.1) is 6.42 Å². The van der Waals surface area contributed by atoms with E-state index in [1.807, 2.05) is 35.7 Å². The number of carboxylic acid groups (broad SMARTS) is 1. The zero-order valence-electron chi connectivity index (χ0n) is 25.5. The highest BCUT2D eigenvalue weighted by atomic mass is 32.2. The Balaban J connectivity index is 0.000000201. The Morgan fingerprint density at radius 3 is 2.61 bits per heavy atom. The molecule has 3 aliphatic rings. The quantitative estimate of drug-likeness (QED) is 0.201. The number of thioether (sulfide) groups is 1. The normalized spacial score (nSPS) is 19.8. The summed E-state index contributed by atoms with van der Waals surface area (Å²) in [5, 5.41) is 13.7. The van der Waals surface area contributed by atoms with Crippen LogP contribution in [0.15, 0.2) is 47.0 Å². The molecule has 2 N–H and O–H groups in total. The van der Waals surface area contributed by atoms with Crippen molar-refractivity contribution in [1.82, 2.24) is 10.2 Å². The molecule has 0 spiro atoms. The smallest absolute Gasteiger partial charge is 0.352 e. The summed E-state index contributed by atoms with van der Waals surface area (Å²) in [6.45, 7) is 6.33. The average molecular weight is 663 g/mol. The molecule has 1 aromatic heterocycles. The molecule has 44 heavy (non-hydrogen) atoms. The lowest BCUT2D eigenvalue weighted by Gasteiger charge is -2.49. The number of rotatable bonds is 14. The highest BCUT2D eigenvalue weighted by Gasteiger charge is 2.53. The van der Waals surface area contributed by atoms with E-state index in [0.29, 0.717) is 18.1 Å². The minimum absolute atomic E-state index is 0.0532. The minimum atomic E-state index is -1.10. The second kappa shape index (κ2) is 16.5. The van der Waals surface area contributed by atoms with Crippen LogP contribution < -0.4 is 14.8 Å². The number of thiophene rings is 1. The zero-order valence-corrected chi connectivity index (χ0v) is 28.0. The number of hydrogen-bond acceptors (Lipinski definition) is 8. The van der Waals surface area contributed by atoms with Gasteiger partial charge in [-0.05, 0) is 54.5 Å². The number of nitrogens with one attached hydrogen (secondary N) is 1. The van der Waals surface area contributed by atoms with E-state index in [1.165, 1.54) is 65.7 Å². The summed E-state index contributed by atoms with van der Waals surface area (Å²) < 4.78 is 23.0. The Morgan fingerprint density at radius 1 is 1.14 bits per heavy atom. The second-order valence-electron chi connectivity index (χ2n) is 11.2. The van der Waals surface area contributed by atoms with Gasteiger partial charge in [-0.15, -0.1) is 23.1 Å². The molecule has 0 bridgehead atoms. The summed E-state index contributed by atoms with van der Waals surface area (Å²) in [4.78, 5) is 37.7. The van der Waals surface area contributed by atoms with Gasteiger partial charge in [0.1, 0.15) is 17.1 Å². The van der Waals surface area contributed by atoms with E-state index in [4.69, 9.17) is 9.47 Å². The molecule has 1 aromatic carbocycles. The van der Waals surface area contributed by atoms with Gasteiger partial charge in [0.25, 0.3) is 5.91 Å². The highest BCUT2D eigenvalue weighted by molar-refractivity contribution is 8.00. The number of benzene rings is 1. The lowest BCUT2D eigenvalue weighted by Crippen LogP contribution is -2.70. The van der Waals surface area contributed by atoms with Crippen LogP contribution in [0, 0.1) is 0 Å². The molecule has 0 saturated carbocycles. The first-order valence-corrected chi connectivity index (χ1v) is 18.5. The molecule has 0 radical (unpaired) electrons. The first-order valence-electron chi connectivity index (χ1n) is 15.1. The number of unbranched alkanes of at least 4 members (excludes halogenated alkanes) is 5. The van der Waals surface area contributed by atoms with Gasteiger partial charge in [-0.2, -0.15) is 0 Å². The molecule has 3 aliphatic heterocycles. The first-order chi connectivity index (χ1) is 21.2. The fourth-order valence-corrected chi connectivity index (χ4v) is 8.56. The fourth-order valence-electron chi connectivity index (χ4n) is 5.29. The van der Waals surface area contributed by atoms with Crippen LogP contribution in [-0.2, 0) is 38.0 Å². The number of nitrogens with zero attached hydrogens (tertiary/aromatic N) is 1. The van der Waals surface area contributed by atoms with Crippen molar-refractivity contribution in [3.05, 3.63) is 57.4 Å². The van der Waals surface area contributed by atoms with Crippen LogP contribution in [0.1, 0.15) is 69.7 Å². The predicted molar refractivity (Wildman–Crippen MR) is 175 cm³/mol. The molecule has 0 aliphatic carbocycles. The van der Waals surface area contributed by atoms with E-state index < -0.39 is 22.8 Å². The van der Waals surface area contributed by atoms with Gasteiger partial charge in [-0.25, -0.2) is 4.79 Å². The van der Waals surface area contributed by atoms with Crippen molar-refractivity contribution in [2.24, 2.45) is 0 Å². The summed E-state index contributed by atoms with van der Waals surface area (Å²) in [6, 6.07) is 9.10. The lowest BCUT2D eigenvalue weighted by molar-refractivity contribution is -0.150. The van der Waals surface area contributed by atoms with Crippen molar-refractivity contribution in [2.45, 2.75) is 88.8 Å². The van der Waals surface area contributed by atoms with Crippen LogP contribution in [0.5, 0.6) is 11.5 Å². The highest BCUT2D eigenvalue weighted by Crippen LogP contribution is 2.40. The van der Waals surface area contributed by atoms with Gasteiger partial charge in [0.15, 0.2) is 11.5 Å². The SMILES string of the molecule is CC1=C(C(=O)O)N2C(=O)C(NC(=O)Cc3cccs3)[C@H]2SC1.CCCCCCCCS(=O)C(C)Cc1ccc2c(c1)OCO2. The summed E-state index contributed by atoms with van der Waals surface area (Å²) in [5.41, 5.74) is 1.90. The number of carbonyl (C=O) groups excluding carboxylic acids is 2. The van der Waals surface area contributed by atoms with Gasteiger partial charge < -0.3 is 19.9 Å². The van der Waals surface area contributed by atoms with Crippen LogP contribution >= 0.6 is 23.1 Å². The van der Waals surface area contributed by atoms with Crippen LogP contribution in [-0.4, -0.2) is 67.0 Å². The summed E-state index contributed by atoms with van der Waals surface area (Å²) in [6.07, 6.45) is 8.56. The molecule has 9 nitrogen and oxygen atoms in total. The van der Waals surface area contributed by atoms with Crippen LogP contribution in [0.2, 0.25) is 0 Å². The molecule has 3 unspecified atom stereocenters. The Hall–Kier alpha value is -2.83. The minimum Gasteiger partial charge on any atom is -0.477 e. The maximum Gasteiger partial charge on any atom is 0.352 e. The molecular weight excluding hydrogens is 621 g/mol. The van der Waals surface area contributed by atoms with E-state index in [0.717, 1.165) is 35.0 Å². The number of carboxylic acids is 1. The van der Waals surface area contributed by atoms with E-state index >= 15 is 0 Å². The summed E-state index contributed by atoms with van der Waals surface area (Å²) in [7, 11) is -0.743. The van der Waals surface area contributed by atoms with Gasteiger partial charge in [0.2, 0.25) is 12.7 Å². The van der Waals surface area contributed by atoms with Crippen molar-refractivity contribution in [3.8, 4) is 11.5 Å². The Morgan fingerprint density at radius 2 is 1.89 bits per heavy atom. The van der Waals surface area contributed by atoms with Gasteiger partial charge in [0, 0.05) is 32.4 Å². The maximum absolute atomic E-state index is 12.3. The Labute approximate surface area is 270 Å². The van der Waals surface area contributed by atoms with Gasteiger partial charge in [-0.1, -0.05) is 58.1 Å². The molecule has 4 heterocycles. The third-order valence-corrected chi connectivity index (χ3v) is 11.8. The van der Waals surface area contributed by atoms with Crippen molar-refractivity contribution < 1.29 is 33.2 Å². The number of β-lactam (4-membered cyclic amide) rings is 1. The largest absolute Gasteiger partial charge is 0.477 e. The van der Waals surface area contributed by atoms with E-state index in [2.05, 4.69) is 19.2 Å². The molecule has 240 valence electrons. The van der Waals surface area contributed by atoms with Crippen molar-refractivity contribution >= 4 is 51.7 Å². The second-order valence-corrected chi connectivity index (χ2v) is 15.3. The average Bonchev–Trinajstić information content (AvgIpc) is 3.69. The number of carbonyl (C=O) groups is 3. The zero-order chi connectivity index (χ0) is 31.6. The lowest BCUT2D eigenvalue weighted by atomic mass is 10.0. The van der Waals surface area contributed by atoms with E-state index in [-0.39, 0.29) is 34.6 Å². The molecule has 1 saturated heterocycles. The number of amides is 2. The number of hydrogen-bond donors (Lipinski definition) is 2. The third kappa shape index (κ3) is 8.88. The molecule has 4 atom stereocenters. The predicted octanol–water partition coefficient (Wildman–Crippen LogP) is 5.50. The van der Waals surface area contributed by atoms with Gasteiger partial charge >= 0.3 is 5.97 Å². The Kier molecular flexibility index (Phi) is 12.7. The molecule has 2 aromatic rings. The maximum atomic E-state index is 12.3. The first kappa shape index (κ1) is 34.1. The summed E-state index contributed by atoms with van der Waals surface area (Å²) in [5.74, 6) is 1.33. The monoisotopic (exact) mass is 662 g/mol. The fraction of sp³-hybridized carbons (Fsp3) is 0.531.